The Labute approximate surface area is 153 Å². The van der Waals surface area contributed by atoms with E-state index in [0.717, 1.165) is 35.7 Å². The summed E-state index contributed by atoms with van der Waals surface area (Å²) >= 11 is 1.63. The molecule has 1 aliphatic rings. The summed E-state index contributed by atoms with van der Waals surface area (Å²) in [6, 6.07) is 3.93. The van der Waals surface area contributed by atoms with Gasteiger partial charge < -0.3 is 10.2 Å². The van der Waals surface area contributed by atoms with E-state index in [1.807, 2.05) is 12.1 Å². The summed E-state index contributed by atoms with van der Waals surface area (Å²) < 4.78 is 0. The van der Waals surface area contributed by atoms with E-state index in [0.29, 0.717) is 18.9 Å². The fourth-order valence-corrected chi connectivity index (χ4v) is 4.17. The number of amides is 1. The van der Waals surface area contributed by atoms with E-state index >= 15 is 0 Å². The molecule has 1 amide bonds. The highest BCUT2D eigenvalue weighted by Gasteiger charge is 2.17. The first kappa shape index (κ1) is 18.0. The van der Waals surface area contributed by atoms with Gasteiger partial charge in [-0.2, -0.15) is 0 Å². The van der Waals surface area contributed by atoms with E-state index in [1.165, 1.54) is 19.4 Å². The van der Waals surface area contributed by atoms with Crippen molar-refractivity contribution in [3.8, 4) is 10.6 Å². The molecule has 3 rings (SSSR count). The molecule has 1 unspecified atom stereocenters. The number of pyridine rings is 1. The minimum Gasteiger partial charge on any atom is -0.356 e. The summed E-state index contributed by atoms with van der Waals surface area (Å²) in [5, 5.41) is 6.11. The second-order valence-corrected chi connectivity index (χ2v) is 7.65. The Hall–Kier alpha value is -1.79. The molecule has 1 fully saturated rings. The number of piperidine rings is 1. The fourth-order valence-electron chi connectivity index (χ4n) is 3.31. The smallest absolute Gasteiger partial charge is 0.220 e. The van der Waals surface area contributed by atoms with Crippen molar-refractivity contribution in [2.45, 2.75) is 32.1 Å². The van der Waals surface area contributed by atoms with Crippen molar-refractivity contribution >= 4 is 17.2 Å². The molecular weight excluding hydrogens is 332 g/mol. The van der Waals surface area contributed by atoms with Gasteiger partial charge in [0.25, 0.3) is 0 Å². The second kappa shape index (κ2) is 9.06. The molecule has 0 aromatic carbocycles. The Morgan fingerprint density at radius 1 is 1.40 bits per heavy atom. The Kier molecular flexibility index (Phi) is 6.53. The summed E-state index contributed by atoms with van der Waals surface area (Å²) in [6.45, 7) is 2.98. The molecule has 2 aromatic rings. The number of rotatable bonds is 7. The van der Waals surface area contributed by atoms with Crippen LogP contribution in [0.25, 0.3) is 10.6 Å². The molecule has 3 heterocycles. The van der Waals surface area contributed by atoms with E-state index in [1.54, 1.807) is 23.7 Å². The van der Waals surface area contributed by atoms with E-state index in [2.05, 4.69) is 32.6 Å². The number of carbonyl (C=O) groups is 1. The van der Waals surface area contributed by atoms with Crippen molar-refractivity contribution in [3.63, 3.8) is 0 Å². The van der Waals surface area contributed by atoms with Gasteiger partial charge in [-0.25, -0.2) is 4.98 Å². The lowest BCUT2D eigenvalue weighted by atomic mass is 9.93. The Morgan fingerprint density at radius 3 is 3.04 bits per heavy atom. The molecule has 2 aromatic heterocycles. The van der Waals surface area contributed by atoms with E-state index in [4.69, 9.17) is 0 Å². The summed E-state index contributed by atoms with van der Waals surface area (Å²) in [4.78, 5) is 23.1. The molecule has 0 aliphatic carbocycles. The molecule has 6 heteroatoms. The number of nitrogens with one attached hydrogen (secondary N) is 1. The van der Waals surface area contributed by atoms with Crippen LogP contribution in [-0.4, -0.2) is 47.5 Å². The minimum atomic E-state index is 0.165. The molecule has 0 radical (unpaired) electrons. The average molecular weight is 359 g/mol. The van der Waals surface area contributed by atoms with Crippen LogP contribution < -0.4 is 5.32 Å². The van der Waals surface area contributed by atoms with Gasteiger partial charge in [0.15, 0.2) is 0 Å². The number of thiazole rings is 1. The molecule has 1 N–H and O–H groups in total. The number of hydrogen-bond donors (Lipinski definition) is 1. The van der Waals surface area contributed by atoms with Crippen molar-refractivity contribution < 1.29 is 4.79 Å². The maximum Gasteiger partial charge on any atom is 0.220 e. The second-order valence-electron chi connectivity index (χ2n) is 6.79. The van der Waals surface area contributed by atoms with Crippen LogP contribution in [0.2, 0.25) is 0 Å². The zero-order chi connectivity index (χ0) is 17.5. The van der Waals surface area contributed by atoms with Gasteiger partial charge in [-0.3, -0.25) is 9.78 Å². The third-order valence-electron chi connectivity index (χ3n) is 4.68. The number of carbonyl (C=O) groups excluding carboxylic acids is 1. The molecule has 134 valence electrons. The Bertz CT molecular complexity index is 673. The molecular formula is C19H26N4OS. The van der Waals surface area contributed by atoms with Crippen molar-refractivity contribution in [1.82, 2.24) is 20.2 Å². The van der Waals surface area contributed by atoms with E-state index < -0.39 is 0 Å². The lowest BCUT2D eigenvalue weighted by Gasteiger charge is -2.29. The normalized spacial score (nSPS) is 18.2. The first-order chi connectivity index (χ1) is 12.2. The summed E-state index contributed by atoms with van der Waals surface area (Å²) in [5.41, 5.74) is 2.12. The van der Waals surface area contributed by atoms with Gasteiger partial charge in [0.2, 0.25) is 5.91 Å². The number of hydrogen-bond acceptors (Lipinski definition) is 5. The summed E-state index contributed by atoms with van der Waals surface area (Å²) in [5.74, 6) is 0.837. The molecule has 0 saturated carbocycles. The van der Waals surface area contributed by atoms with Crippen LogP contribution in [0.3, 0.4) is 0 Å². The first-order valence-corrected chi connectivity index (χ1v) is 9.88. The van der Waals surface area contributed by atoms with Crippen LogP contribution in [-0.2, 0) is 11.2 Å². The highest BCUT2D eigenvalue weighted by molar-refractivity contribution is 7.13. The summed E-state index contributed by atoms with van der Waals surface area (Å²) in [6.07, 6.45) is 8.48. The van der Waals surface area contributed by atoms with Crippen molar-refractivity contribution in [3.05, 3.63) is 35.6 Å². The highest BCUT2D eigenvalue weighted by Crippen LogP contribution is 2.23. The van der Waals surface area contributed by atoms with Crippen LogP contribution in [0.4, 0.5) is 0 Å². The highest BCUT2D eigenvalue weighted by atomic mass is 32.1. The predicted molar refractivity (Wildman–Crippen MR) is 102 cm³/mol. The number of aromatic nitrogens is 2. The molecule has 25 heavy (non-hydrogen) atoms. The molecule has 1 saturated heterocycles. The van der Waals surface area contributed by atoms with Crippen LogP contribution in [0, 0.1) is 5.92 Å². The largest absolute Gasteiger partial charge is 0.356 e. The minimum absolute atomic E-state index is 0.165. The van der Waals surface area contributed by atoms with Gasteiger partial charge in [0.05, 0.1) is 5.69 Å². The monoisotopic (exact) mass is 358 g/mol. The van der Waals surface area contributed by atoms with Gasteiger partial charge in [-0.1, -0.05) is 0 Å². The maximum absolute atomic E-state index is 12.0. The lowest BCUT2D eigenvalue weighted by molar-refractivity contribution is -0.121. The topological polar surface area (TPSA) is 58.1 Å². The lowest BCUT2D eigenvalue weighted by Crippen LogP contribution is -2.33. The Balaban J connectivity index is 1.36. The van der Waals surface area contributed by atoms with Crippen LogP contribution in [0.5, 0.6) is 0 Å². The van der Waals surface area contributed by atoms with Gasteiger partial charge in [0, 0.05) is 49.3 Å². The van der Waals surface area contributed by atoms with Gasteiger partial charge >= 0.3 is 0 Å². The Morgan fingerprint density at radius 2 is 2.24 bits per heavy atom. The van der Waals surface area contributed by atoms with Gasteiger partial charge in [-0.15, -0.1) is 11.3 Å². The SMILES string of the molecule is CN1CCCC(CCC(=O)NCCc2csc(-c3ccncc3)n2)C1. The zero-order valence-electron chi connectivity index (χ0n) is 14.8. The van der Waals surface area contributed by atoms with Gasteiger partial charge in [-0.05, 0) is 50.9 Å². The zero-order valence-corrected chi connectivity index (χ0v) is 15.6. The molecule has 1 atom stereocenters. The van der Waals surface area contributed by atoms with Crippen molar-refractivity contribution in [2.75, 3.05) is 26.7 Å². The van der Waals surface area contributed by atoms with Crippen molar-refractivity contribution in [1.29, 1.82) is 0 Å². The molecule has 1 aliphatic heterocycles. The quantitative estimate of drug-likeness (QED) is 0.827. The predicted octanol–water partition coefficient (Wildman–Crippen LogP) is 2.99. The van der Waals surface area contributed by atoms with Crippen LogP contribution in [0.1, 0.15) is 31.4 Å². The molecule has 5 nitrogen and oxygen atoms in total. The average Bonchev–Trinajstić information content (AvgIpc) is 3.10. The number of likely N-dealkylation sites (tertiary alicyclic amines) is 1. The van der Waals surface area contributed by atoms with Crippen LogP contribution >= 0.6 is 11.3 Å². The van der Waals surface area contributed by atoms with Gasteiger partial charge in [0.1, 0.15) is 5.01 Å². The number of nitrogens with zero attached hydrogens (tertiary/aromatic N) is 3. The van der Waals surface area contributed by atoms with E-state index in [9.17, 15) is 4.79 Å². The van der Waals surface area contributed by atoms with Crippen molar-refractivity contribution in [2.24, 2.45) is 5.92 Å². The van der Waals surface area contributed by atoms with E-state index in [-0.39, 0.29) is 5.91 Å². The first-order valence-electron chi connectivity index (χ1n) is 9.01. The van der Waals surface area contributed by atoms with Crippen LogP contribution in [0.15, 0.2) is 29.9 Å². The fraction of sp³-hybridized carbons (Fsp3) is 0.526. The summed E-state index contributed by atoms with van der Waals surface area (Å²) in [7, 11) is 2.17. The third-order valence-corrected chi connectivity index (χ3v) is 5.62. The maximum atomic E-state index is 12.0. The standard InChI is InChI=1S/C19H26N4OS/c1-23-12-2-3-15(13-23)4-5-18(24)21-11-8-17-14-25-19(22-17)16-6-9-20-10-7-16/h6-7,9-10,14-15H,2-5,8,11-13H2,1H3,(H,21,24). The molecule has 0 bridgehead atoms. The molecule has 0 spiro atoms. The third kappa shape index (κ3) is 5.61.